The van der Waals surface area contributed by atoms with Crippen molar-refractivity contribution in [1.29, 1.82) is 0 Å². The van der Waals surface area contributed by atoms with Gasteiger partial charge in [0.2, 0.25) is 5.78 Å². The lowest BCUT2D eigenvalue weighted by Gasteiger charge is -2.19. The van der Waals surface area contributed by atoms with Crippen molar-refractivity contribution in [2.75, 3.05) is 0 Å². The van der Waals surface area contributed by atoms with Crippen LogP contribution < -0.4 is 0 Å². The molecule has 5 nitrogen and oxygen atoms in total. The third-order valence-electron chi connectivity index (χ3n) is 10.3. The summed E-state index contributed by atoms with van der Waals surface area (Å²) in [4.78, 5) is 23.2. The number of hydrogen-bond donors (Lipinski definition) is 0. The highest BCUT2D eigenvalue weighted by Gasteiger charge is 2.28. The topological polar surface area (TPSA) is 52.7 Å². The van der Waals surface area contributed by atoms with Crippen molar-refractivity contribution >= 4 is 60.2 Å². The van der Waals surface area contributed by atoms with Crippen molar-refractivity contribution in [3.63, 3.8) is 0 Å². The van der Waals surface area contributed by atoms with Crippen molar-refractivity contribution in [2.24, 2.45) is 0 Å². The van der Waals surface area contributed by atoms with E-state index in [4.69, 9.17) is 4.98 Å². The Balaban J connectivity index is 1.13. The maximum absolute atomic E-state index is 13.4. The number of carbonyl (C=O) groups excluding carboxylic acids is 1. The molecule has 0 N–H and O–H groups in total. The van der Waals surface area contributed by atoms with Crippen LogP contribution in [0.15, 0.2) is 158 Å². The van der Waals surface area contributed by atoms with Crippen LogP contribution in [-0.2, 0) is 0 Å². The van der Waals surface area contributed by atoms with Gasteiger partial charge in [0.15, 0.2) is 0 Å². The minimum Gasteiger partial charge on any atom is -0.309 e. The van der Waals surface area contributed by atoms with Gasteiger partial charge in [-0.15, -0.1) is 0 Å². The van der Waals surface area contributed by atoms with Crippen LogP contribution in [0.1, 0.15) is 16.1 Å². The Morgan fingerprint density at radius 2 is 1.04 bits per heavy atom. The summed E-state index contributed by atoms with van der Waals surface area (Å²) in [5.41, 5.74) is 10.8. The Hall–Kier alpha value is -6.85. The summed E-state index contributed by atoms with van der Waals surface area (Å²) in [5, 5.41) is 6.54. The molecule has 0 fully saturated rings. The van der Waals surface area contributed by atoms with E-state index in [0.717, 1.165) is 60.9 Å². The number of aromatic nitrogens is 4. The summed E-state index contributed by atoms with van der Waals surface area (Å²) < 4.78 is 4.60. The van der Waals surface area contributed by atoms with Crippen LogP contribution in [-0.4, -0.2) is 24.9 Å². The molecule has 0 radical (unpaired) electrons. The van der Waals surface area contributed by atoms with E-state index in [0.29, 0.717) is 11.3 Å². The second kappa shape index (κ2) is 10.1. The molecule has 0 saturated carbocycles. The first-order valence-electron chi connectivity index (χ1n) is 16.8. The Kier molecular flexibility index (Phi) is 5.47. The smallest absolute Gasteiger partial charge is 0.212 e. The molecule has 50 heavy (non-hydrogen) atoms. The Bertz CT molecular complexity index is 3060. The number of benzene rings is 6. The first-order valence-corrected chi connectivity index (χ1v) is 16.8. The maximum atomic E-state index is 13.4. The Labute approximate surface area is 286 Å². The van der Waals surface area contributed by atoms with Gasteiger partial charge in [0.05, 0.1) is 27.8 Å². The number of pyridine rings is 2. The monoisotopic (exact) mass is 638 g/mol. The zero-order valence-corrected chi connectivity index (χ0v) is 26.7. The zero-order valence-electron chi connectivity index (χ0n) is 26.7. The van der Waals surface area contributed by atoms with Crippen molar-refractivity contribution in [2.45, 2.75) is 0 Å². The minimum atomic E-state index is -0.0551. The van der Waals surface area contributed by atoms with E-state index >= 15 is 0 Å². The molecule has 0 saturated heterocycles. The molecule has 11 rings (SSSR count). The van der Waals surface area contributed by atoms with Gasteiger partial charge in [0, 0.05) is 49.9 Å². The van der Waals surface area contributed by atoms with E-state index in [1.54, 1.807) is 6.20 Å². The largest absolute Gasteiger partial charge is 0.309 e. The quantitative estimate of drug-likeness (QED) is 0.193. The van der Waals surface area contributed by atoms with Crippen LogP contribution in [0.4, 0.5) is 0 Å². The summed E-state index contributed by atoms with van der Waals surface area (Å²) >= 11 is 0. The summed E-state index contributed by atoms with van der Waals surface area (Å²) in [6.07, 6.45) is 1.73. The standard InChI is InChI=1S/C45H26N4O/c50-45-34-15-5-4-14-33(34)43-42-29(22-23-46-44(42)45)26-41(47-43)49-38-17-9-7-13-32(38)36-25-28(19-21-40(36)49)27-18-20-39-35(24-27)31-12-6-8-16-37(31)48(39)30-10-2-1-3-11-30/h1-26H. The maximum Gasteiger partial charge on any atom is 0.212 e. The van der Waals surface area contributed by atoms with Gasteiger partial charge in [-0.1, -0.05) is 91.0 Å². The molecule has 1 aliphatic carbocycles. The van der Waals surface area contributed by atoms with Gasteiger partial charge in [-0.3, -0.25) is 14.3 Å². The average Bonchev–Trinajstić information content (AvgIpc) is 3.69. The zero-order chi connectivity index (χ0) is 32.9. The van der Waals surface area contributed by atoms with Crippen molar-refractivity contribution in [1.82, 2.24) is 19.1 Å². The van der Waals surface area contributed by atoms with Crippen LogP contribution in [0.25, 0.3) is 88.3 Å². The van der Waals surface area contributed by atoms with Gasteiger partial charge in [0.25, 0.3) is 0 Å². The number of fused-ring (bicyclic) bond motifs is 8. The molecular weight excluding hydrogens is 613 g/mol. The van der Waals surface area contributed by atoms with E-state index in [2.05, 4.69) is 135 Å². The molecule has 5 heteroatoms. The summed E-state index contributed by atoms with van der Waals surface area (Å²) in [5.74, 6) is 0.753. The minimum absolute atomic E-state index is 0.0551. The van der Waals surface area contributed by atoms with Crippen LogP contribution >= 0.6 is 0 Å². The number of hydrogen-bond acceptors (Lipinski definition) is 3. The number of rotatable bonds is 3. The second-order valence-corrected chi connectivity index (χ2v) is 13.0. The van der Waals surface area contributed by atoms with Gasteiger partial charge < -0.3 is 4.57 Å². The molecule has 10 aromatic rings. The fourth-order valence-corrected chi connectivity index (χ4v) is 8.09. The Morgan fingerprint density at radius 3 is 1.76 bits per heavy atom. The molecule has 0 unspecified atom stereocenters. The van der Waals surface area contributed by atoms with Crippen molar-refractivity contribution in [3.8, 4) is 33.9 Å². The lowest BCUT2D eigenvalue weighted by Crippen LogP contribution is -2.13. The van der Waals surface area contributed by atoms with E-state index in [-0.39, 0.29) is 5.78 Å². The van der Waals surface area contributed by atoms with Gasteiger partial charge in [-0.2, -0.15) is 0 Å². The van der Waals surface area contributed by atoms with E-state index in [1.165, 1.54) is 27.4 Å². The molecule has 0 atom stereocenters. The SMILES string of the molecule is O=C1c2ccccc2-c2nc(-n3c4ccccc4c4cc(-c5ccc6c(c5)c5ccccc5n6-c5ccccc5)ccc43)cc3ccnc1c23. The average molecular weight is 639 g/mol. The lowest BCUT2D eigenvalue weighted by atomic mass is 9.88. The first-order chi connectivity index (χ1) is 24.7. The molecule has 4 aromatic heterocycles. The fourth-order valence-electron chi connectivity index (χ4n) is 8.09. The second-order valence-electron chi connectivity index (χ2n) is 13.0. The van der Waals surface area contributed by atoms with E-state index < -0.39 is 0 Å². The van der Waals surface area contributed by atoms with Crippen molar-refractivity contribution < 1.29 is 4.79 Å². The number of nitrogens with zero attached hydrogens (tertiary/aromatic N) is 4. The van der Waals surface area contributed by atoms with Crippen LogP contribution in [0, 0.1) is 0 Å². The fraction of sp³-hybridized carbons (Fsp3) is 0. The third kappa shape index (κ3) is 3.69. The normalized spacial score (nSPS) is 12.4. The highest BCUT2D eigenvalue weighted by Crippen LogP contribution is 2.41. The number of para-hydroxylation sites is 3. The molecule has 6 aromatic carbocycles. The number of ketones is 1. The van der Waals surface area contributed by atoms with Crippen LogP contribution in [0.3, 0.4) is 0 Å². The van der Waals surface area contributed by atoms with Gasteiger partial charge in [-0.05, 0) is 77.2 Å². The van der Waals surface area contributed by atoms with Gasteiger partial charge in [0.1, 0.15) is 11.5 Å². The molecule has 232 valence electrons. The Morgan fingerprint density at radius 1 is 0.460 bits per heavy atom. The van der Waals surface area contributed by atoms with Crippen molar-refractivity contribution in [3.05, 3.63) is 169 Å². The van der Waals surface area contributed by atoms with E-state index in [1.807, 2.05) is 30.3 Å². The van der Waals surface area contributed by atoms with Crippen LogP contribution in [0.2, 0.25) is 0 Å². The summed E-state index contributed by atoms with van der Waals surface area (Å²) in [7, 11) is 0. The van der Waals surface area contributed by atoms with Gasteiger partial charge in [-0.25, -0.2) is 4.98 Å². The third-order valence-corrected chi connectivity index (χ3v) is 10.3. The number of carbonyl (C=O) groups is 1. The van der Waals surface area contributed by atoms with E-state index in [9.17, 15) is 4.79 Å². The molecule has 4 heterocycles. The predicted molar refractivity (Wildman–Crippen MR) is 203 cm³/mol. The first kappa shape index (κ1) is 27.1. The highest BCUT2D eigenvalue weighted by atomic mass is 16.1. The summed E-state index contributed by atoms with van der Waals surface area (Å²) in [6.45, 7) is 0. The summed E-state index contributed by atoms with van der Waals surface area (Å²) in [6, 6.07) is 53.1. The molecule has 0 bridgehead atoms. The highest BCUT2D eigenvalue weighted by molar-refractivity contribution is 6.24. The molecule has 0 amide bonds. The molecular formula is C45H26N4O. The predicted octanol–water partition coefficient (Wildman–Crippen LogP) is 10.7. The molecule has 1 aliphatic rings. The van der Waals surface area contributed by atoms with Crippen LogP contribution in [0.5, 0.6) is 0 Å². The molecule has 0 aliphatic heterocycles. The lowest BCUT2D eigenvalue weighted by molar-refractivity contribution is 0.103. The molecule has 0 spiro atoms. The van der Waals surface area contributed by atoms with Gasteiger partial charge >= 0.3 is 0 Å².